The minimum Gasteiger partial charge on any atom is -0.507 e. The molecule has 2 rings (SSSR count). The summed E-state index contributed by atoms with van der Waals surface area (Å²) in [4.78, 5) is 12.0. The van der Waals surface area contributed by atoms with Crippen molar-refractivity contribution < 1.29 is 9.90 Å². The van der Waals surface area contributed by atoms with E-state index in [-0.39, 0.29) is 11.9 Å². The van der Waals surface area contributed by atoms with Crippen molar-refractivity contribution in [3.63, 3.8) is 0 Å². The minimum absolute atomic E-state index is 0.00686. The van der Waals surface area contributed by atoms with Crippen LogP contribution < -0.4 is 10.6 Å². The zero-order valence-electron chi connectivity index (χ0n) is 10.8. The Morgan fingerprint density at radius 2 is 2.17 bits per heavy atom. The number of nitrogens with one attached hydrogen (secondary N) is 2. The topological polar surface area (TPSA) is 61.4 Å². The Morgan fingerprint density at radius 1 is 1.44 bits per heavy atom. The van der Waals surface area contributed by atoms with Gasteiger partial charge in [-0.25, -0.2) is 0 Å². The van der Waals surface area contributed by atoms with Crippen LogP contribution in [0.25, 0.3) is 0 Å². The van der Waals surface area contributed by atoms with Crippen molar-refractivity contribution in [1.82, 2.24) is 5.32 Å². The van der Waals surface area contributed by atoms with Crippen LogP contribution in [-0.4, -0.2) is 28.7 Å². The molecule has 18 heavy (non-hydrogen) atoms. The molecule has 0 spiro atoms. The number of aryl methyl sites for hydroxylation is 1. The zero-order chi connectivity index (χ0) is 13.3. The first-order valence-electron chi connectivity index (χ1n) is 5.92. The number of phenolic OH excluding ortho intramolecular Hbond substituents is 1. The number of hydrogen-bond donors (Lipinski definition) is 3. The molecule has 1 aliphatic heterocycles. The van der Waals surface area contributed by atoms with Gasteiger partial charge in [-0.15, -0.1) is 11.8 Å². The summed E-state index contributed by atoms with van der Waals surface area (Å²) in [5, 5.41) is 15.9. The molecule has 3 N–H and O–H groups in total. The molecular formula is C13H18N2O2S. The van der Waals surface area contributed by atoms with E-state index < -0.39 is 0 Å². The number of benzene rings is 1. The van der Waals surface area contributed by atoms with E-state index in [9.17, 15) is 9.90 Å². The molecule has 98 valence electrons. The summed E-state index contributed by atoms with van der Waals surface area (Å²) >= 11 is 1.72. The van der Waals surface area contributed by atoms with Gasteiger partial charge < -0.3 is 10.4 Å². The molecule has 0 saturated carbocycles. The predicted molar refractivity (Wildman–Crippen MR) is 75.2 cm³/mol. The Bertz CT molecular complexity index is 482. The number of thioether (sulfide) groups is 1. The van der Waals surface area contributed by atoms with Gasteiger partial charge in [-0.3, -0.25) is 10.1 Å². The number of amides is 1. The summed E-state index contributed by atoms with van der Waals surface area (Å²) in [5.41, 5.74) is 3.30. The monoisotopic (exact) mass is 266 g/mol. The third kappa shape index (κ3) is 2.47. The van der Waals surface area contributed by atoms with Gasteiger partial charge in [0.15, 0.2) is 0 Å². The van der Waals surface area contributed by atoms with Crippen molar-refractivity contribution in [3.8, 4) is 5.75 Å². The van der Waals surface area contributed by atoms with Crippen LogP contribution >= 0.6 is 11.8 Å². The lowest BCUT2D eigenvalue weighted by molar-refractivity contribution is -0.117. The molecule has 1 amide bonds. The summed E-state index contributed by atoms with van der Waals surface area (Å²) in [5.74, 6) is 1.93. The molecule has 0 radical (unpaired) electrons. The van der Waals surface area contributed by atoms with Crippen LogP contribution in [0.4, 0.5) is 5.69 Å². The Kier molecular flexibility index (Phi) is 3.82. The van der Waals surface area contributed by atoms with Crippen molar-refractivity contribution in [2.24, 2.45) is 0 Å². The molecule has 1 saturated heterocycles. The molecule has 1 fully saturated rings. The fourth-order valence-electron chi connectivity index (χ4n) is 1.98. The first kappa shape index (κ1) is 13.2. The van der Waals surface area contributed by atoms with E-state index >= 15 is 0 Å². The molecule has 1 unspecified atom stereocenters. The third-order valence-electron chi connectivity index (χ3n) is 3.35. The average molecular weight is 266 g/mol. The second-order valence-electron chi connectivity index (χ2n) is 4.60. The van der Waals surface area contributed by atoms with Gasteiger partial charge in [-0.2, -0.15) is 0 Å². The van der Waals surface area contributed by atoms with Crippen LogP contribution in [0.3, 0.4) is 0 Å². The lowest BCUT2D eigenvalue weighted by Gasteiger charge is -2.16. The molecular weight excluding hydrogens is 248 g/mol. The zero-order valence-corrected chi connectivity index (χ0v) is 11.6. The van der Waals surface area contributed by atoms with Crippen LogP contribution in [0, 0.1) is 20.8 Å². The number of rotatable bonds is 2. The molecule has 1 atom stereocenters. The van der Waals surface area contributed by atoms with Crippen molar-refractivity contribution >= 4 is 23.4 Å². The fourth-order valence-corrected chi connectivity index (χ4v) is 2.92. The van der Waals surface area contributed by atoms with Gasteiger partial charge in [-0.1, -0.05) is 0 Å². The third-order valence-corrected chi connectivity index (χ3v) is 4.29. The number of anilines is 1. The first-order valence-corrected chi connectivity index (χ1v) is 7.08. The molecule has 1 aromatic rings. The van der Waals surface area contributed by atoms with Crippen LogP contribution in [0.2, 0.25) is 0 Å². The summed E-state index contributed by atoms with van der Waals surface area (Å²) in [6.45, 7) is 5.60. The fraction of sp³-hybridized carbons (Fsp3) is 0.462. The van der Waals surface area contributed by atoms with Crippen molar-refractivity contribution in [3.05, 3.63) is 22.8 Å². The smallest absolute Gasteiger partial charge is 0.242 e. The first-order chi connectivity index (χ1) is 8.50. The van der Waals surface area contributed by atoms with E-state index in [1.165, 1.54) is 0 Å². The Morgan fingerprint density at radius 3 is 2.78 bits per heavy atom. The highest BCUT2D eigenvalue weighted by molar-refractivity contribution is 7.99. The molecule has 0 bridgehead atoms. The van der Waals surface area contributed by atoms with Gasteiger partial charge in [0.2, 0.25) is 5.91 Å². The highest BCUT2D eigenvalue weighted by Gasteiger charge is 2.23. The van der Waals surface area contributed by atoms with Crippen LogP contribution in [0.15, 0.2) is 6.07 Å². The summed E-state index contributed by atoms with van der Waals surface area (Å²) in [7, 11) is 0. The molecule has 1 aliphatic rings. The summed E-state index contributed by atoms with van der Waals surface area (Å²) in [6, 6.07) is 1.70. The number of carbonyl (C=O) groups excluding carboxylic acids is 1. The van der Waals surface area contributed by atoms with Gasteiger partial charge in [0, 0.05) is 17.3 Å². The minimum atomic E-state index is -0.121. The van der Waals surface area contributed by atoms with Gasteiger partial charge >= 0.3 is 0 Å². The number of carbonyl (C=O) groups is 1. The molecule has 4 nitrogen and oxygen atoms in total. The maximum Gasteiger partial charge on any atom is 0.242 e. The highest BCUT2D eigenvalue weighted by atomic mass is 32.2. The predicted octanol–water partition coefficient (Wildman–Crippen LogP) is 1.92. The van der Waals surface area contributed by atoms with E-state index in [1.807, 2.05) is 26.8 Å². The summed E-state index contributed by atoms with van der Waals surface area (Å²) < 4.78 is 0. The van der Waals surface area contributed by atoms with E-state index in [0.29, 0.717) is 5.75 Å². The average Bonchev–Trinajstić information content (AvgIpc) is 2.87. The standard InChI is InChI=1S/C13H18N2O2S/c1-7-4-10(8(2)9(3)12(7)16)15-13(17)11-5-18-6-14-11/h4,11,14,16H,5-6H2,1-3H3,(H,15,17). The molecule has 5 heteroatoms. The van der Waals surface area contributed by atoms with Crippen LogP contribution in [0.1, 0.15) is 16.7 Å². The van der Waals surface area contributed by atoms with Crippen molar-refractivity contribution in [2.45, 2.75) is 26.8 Å². The van der Waals surface area contributed by atoms with Gasteiger partial charge in [0.05, 0.1) is 6.04 Å². The Hall–Kier alpha value is -1.20. The lowest BCUT2D eigenvalue weighted by atomic mass is 10.0. The number of aromatic hydroxyl groups is 1. The van der Waals surface area contributed by atoms with E-state index in [0.717, 1.165) is 34.0 Å². The largest absolute Gasteiger partial charge is 0.507 e. The second-order valence-corrected chi connectivity index (χ2v) is 5.63. The molecule has 0 aliphatic carbocycles. The second kappa shape index (κ2) is 5.20. The highest BCUT2D eigenvalue weighted by Crippen LogP contribution is 2.30. The van der Waals surface area contributed by atoms with Gasteiger partial charge in [-0.05, 0) is 43.5 Å². The molecule has 1 aromatic carbocycles. The van der Waals surface area contributed by atoms with Crippen molar-refractivity contribution in [2.75, 3.05) is 16.9 Å². The normalized spacial score (nSPS) is 18.9. The maximum atomic E-state index is 12.0. The summed E-state index contributed by atoms with van der Waals surface area (Å²) in [6.07, 6.45) is 0. The quantitative estimate of drug-likeness (QED) is 0.716. The molecule has 1 heterocycles. The molecule has 0 aromatic heterocycles. The van der Waals surface area contributed by atoms with E-state index in [2.05, 4.69) is 10.6 Å². The van der Waals surface area contributed by atoms with Gasteiger partial charge in [0.1, 0.15) is 5.75 Å². The number of hydrogen-bond acceptors (Lipinski definition) is 4. The number of phenols is 1. The van der Waals surface area contributed by atoms with Gasteiger partial charge in [0.25, 0.3) is 0 Å². The Balaban J connectivity index is 2.21. The van der Waals surface area contributed by atoms with E-state index in [4.69, 9.17) is 0 Å². The Labute approximate surface area is 111 Å². The van der Waals surface area contributed by atoms with E-state index in [1.54, 1.807) is 11.8 Å². The maximum absolute atomic E-state index is 12.0. The van der Waals surface area contributed by atoms with Crippen molar-refractivity contribution in [1.29, 1.82) is 0 Å². The lowest BCUT2D eigenvalue weighted by Crippen LogP contribution is -2.37. The SMILES string of the molecule is Cc1cc(NC(=O)C2CSCN2)c(C)c(C)c1O. The van der Waals surface area contributed by atoms with Crippen LogP contribution in [-0.2, 0) is 4.79 Å². The van der Waals surface area contributed by atoms with Crippen LogP contribution in [0.5, 0.6) is 5.75 Å².